The van der Waals surface area contributed by atoms with Crippen LogP contribution < -0.4 is 5.30 Å². The Morgan fingerprint density at radius 2 is 1.59 bits per heavy atom. The number of hydrogen-bond acceptors (Lipinski definition) is 2. The second kappa shape index (κ2) is 5.99. The minimum absolute atomic E-state index is 0.392. The number of hydrogen-bond donors (Lipinski definition) is 2. The summed E-state index contributed by atoms with van der Waals surface area (Å²) in [5.41, 5.74) is 1.90. The molecular weight excluding hydrogens is 263 g/mol. The lowest BCUT2D eigenvalue weighted by Crippen LogP contribution is -2.30. The fourth-order valence-corrected chi connectivity index (χ4v) is 3.92. The van der Waals surface area contributed by atoms with Gasteiger partial charge in [0.15, 0.2) is 0 Å². The molecule has 0 nitrogen and oxygen atoms in total. The minimum atomic E-state index is 0.392. The van der Waals surface area contributed by atoms with Gasteiger partial charge in [0.1, 0.15) is 0 Å². The molecule has 0 saturated heterocycles. The van der Waals surface area contributed by atoms with Crippen LogP contribution in [0.15, 0.2) is 24.3 Å². The maximum atomic E-state index is 4.51. The van der Waals surface area contributed by atoms with Crippen molar-refractivity contribution in [3.05, 3.63) is 29.8 Å². The Bertz CT molecular complexity index is 347. The molecule has 1 fully saturated rings. The molecule has 1 aliphatic rings. The van der Waals surface area contributed by atoms with Crippen LogP contribution in [0.1, 0.15) is 37.2 Å². The average Bonchev–Trinajstić information content (AvgIpc) is 2.40. The van der Waals surface area contributed by atoms with Gasteiger partial charge in [-0.3, -0.25) is 0 Å². The smallest absolute Gasteiger partial charge is 0.00333 e. The molecule has 17 heavy (non-hydrogen) atoms. The first-order chi connectivity index (χ1) is 8.19. The van der Waals surface area contributed by atoms with E-state index in [1.165, 1.54) is 36.6 Å². The van der Waals surface area contributed by atoms with Crippen LogP contribution in [0.3, 0.4) is 0 Å². The Morgan fingerprint density at radius 1 is 1.06 bits per heavy atom. The van der Waals surface area contributed by atoms with Crippen LogP contribution in [-0.2, 0) is 0 Å². The highest BCUT2D eigenvalue weighted by molar-refractivity contribution is 7.81. The molecule has 2 rings (SSSR count). The van der Waals surface area contributed by atoms with Crippen molar-refractivity contribution in [1.82, 2.24) is 0 Å². The molecule has 1 unspecified atom stereocenters. The van der Waals surface area contributed by atoms with Crippen LogP contribution in [0.2, 0.25) is 0 Å². The number of thiol groups is 2. The molecule has 0 N–H and O–H groups in total. The molecule has 0 spiro atoms. The summed E-state index contributed by atoms with van der Waals surface area (Å²) in [6.07, 6.45) is 5.12. The zero-order chi connectivity index (χ0) is 12.3. The molecule has 0 aliphatic heterocycles. The Hall–Kier alpha value is 0.350. The van der Waals surface area contributed by atoms with Gasteiger partial charge in [0, 0.05) is 0 Å². The van der Waals surface area contributed by atoms with E-state index in [2.05, 4.69) is 58.8 Å². The molecule has 1 saturated carbocycles. The van der Waals surface area contributed by atoms with E-state index in [1.807, 2.05) is 0 Å². The van der Waals surface area contributed by atoms with E-state index in [0.29, 0.717) is 5.41 Å². The third-order valence-electron chi connectivity index (χ3n) is 4.12. The van der Waals surface area contributed by atoms with Gasteiger partial charge in [-0.05, 0) is 59.4 Å². The highest BCUT2D eigenvalue weighted by Crippen LogP contribution is 2.44. The first-order valence-electron chi connectivity index (χ1n) is 6.26. The van der Waals surface area contributed by atoms with Crippen LogP contribution in [0.5, 0.6) is 0 Å². The van der Waals surface area contributed by atoms with Gasteiger partial charge in [0.25, 0.3) is 0 Å². The van der Waals surface area contributed by atoms with Gasteiger partial charge in [-0.2, -0.15) is 25.3 Å². The number of rotatable bonds is 3. The van der Waals surface area contributed by atoms with Crippen molar-refractivity contribution in [2.24, 2.45) is 5.41 Å². The number of benzene rings is 1. The zero-order valence-electron chi connectivity index (χ0n) is 10.1. The third-order valence-corrected chi connectivity index (χ3v) is 5.85. The summed E-state index contributed by atoms with van der Waals surface area (Å²) in [5.74, 6) is 2.70. The maximum Gasteiger partial charge on any atom is -0.00333 e. The van der Waals surface area contributed by atoms with Crippen LogP contribution >= 0.6 is 34.5 Å². The molecule has 3 heteroatoms. The standard InChI is InChI=1S/C14H21PS2/c15-13-3-1-11(2-4-13)12-5-7-14(9-16,10-17)8-6-12/h1-4,12,16-17H,5-10,15H2. The fourth-order valence-electron chi connectivity index (χ4n) is 2.70. The van der Waals surface area contributed by atoms with Crippen LogP contribution in [0.4, 0.5) is 0 Å². The summed E-state index contributed by atoms with van der Waals surface area (Å²) in [4.78, 5) is 0. The van der Waals surface area contributed by atoms with Gasteiger partial charge in [-0.15, -0.1) is 9.24 Å². The van der Waals surface area contributed by atoms with Crippen molar-refractivity contribution < 1.29 is 0 Å². The van der Waals surface area contributed by atoms with Gasteiger partial charge < -0.3 is 0 Å². The van der Waals surface area contributed by atoms with Crippen molar-refractivity contribution in [2.45, 2.75) is 31.6 Å². The summed E-state index contributed by atoms with van der Waals surface area (Å²) >= 11 is 9.02. The quantitative estimate of drug-likeness (QED) is 0.614. The van der Waals surface area contributed by atoms with Gasteiger partial charge in [0.2, 0.25) is 0 Å². The summed E-state index contributed by atoms with van der Waals surface area (Å²) in [6, 6.07) is 8.95. The molecule has 0 amide bonds. The van der Waals surface area contributed by atoms with E-state index in [-0.39, 0.29) is 0 Å². The van der Waals surface area contributed by atoms with E-state index >= 15 is 0 Å². The highest BCUT2D eigenvalue weighted by Gasteiger charge is 2.33. The third kappa shape index (κ3) is 3.22. The van der Waals surface area contributed by atoms with E-state index in [9.17, 15) is 0 Å². The molecule has 0 heterocycles. The van der Waals surface area contributed by atoms with Gasteiger partial charge in [-0.1, -0.05) is 24.3 Å². The van der Waals surface area contributed by atoms with Crippen LogP contribution in [0.25, 0.3) is 0 Å². The van der Waals surface area contributed by atoms with Gasteiger partial charge in [-0.25, -0.2) is 0 Å². The van der Waals surface area contributed by atoms with Crippen molar-refractivity contribution >= 4 is 39.8 Å². The lowest BCUT2D eigenvalue weighted by atomic mass is 9.71. The van der Waals surface area contributed by atoms with E-state index in [1.54, 1.807) is 0 Å². The first-order valence-corrected chi connectivity index (χ1v) is 8.10. The summed E-state index contributed by atoms with van der Waals surface area (Å²) in [7, 11) is 2.75. The lowest BCUT2D eigenvalue weighted by molar-refractivity contribution is 0.238. The predicted octanol–water partition coefficient (Wildman–Crippen LogP) is 3.69. The molecule has 1 aromatic carbocycles. The van der Waals surface area contributed by atoms with Crippen LogP contribution in [0, 0.1) is 5.41 Å². The second-order valence-corrected chi connectivity index (χ2v) is 6.56. The summed E-state index contributed by atoms with van der Waals surface area (Å²) < 4.78 is 0. The largest absolute Gasteiger partial charge is 0.179 e. The predicted molar refractivity (Wildman–Crippen MR) is 87.1 cm³/mol. The fraction of sp³-hybridized carbons (Fsp3) is 0.571. The molecule has 1 aliphatic carbocycles. The molecule has 1 aromatic rings. The molecular formula is C14H21PS2. The summed E-state index contributed by atoms with van der Waals surface area (Å²) in [5, 5.41) is 1.27. The van der Waals surface area contributed by atoms with E-state index < -0.39 is 0 Å². The maximum absolute atomic E-state index is 4.51. The molecule has 0 radical (unpaired) electrons. The molecule has 94 valence electrons. The van der Waals surface area contributed by atoms with Gasteiger partial charge in [0.05, 0.1) is 0 Å². The summed E-state index contributed by atoms with van der Waals surface area (Å²) in [6.45, 7) is 0. The van der Waals surface area contributed by atoms with Crippen molar-refractivity contribution in [3.8, 4) is 0 Å². The van der Waals surface area contributed by atoms with E-state index in [4.69, 9.17) is 0 Å². The minimum Gasteiger partial charge on any atom is -0.179 e. The Morgan fingerprint density at radius 3 is 2.06 bits per heavy atom. The van der Waals surface area contributed by atoms with Crippen molar-refractivity contribution in [1.29, 1.82) is 0 Å². The topological polar surface area (TPSA) is 0 Å². The molecule has 0 aromatic heterocycles. The second-order valence-electron chi connectivity index (χ2n) is 5.26. The lowest BCUT2D eigenvalue weighted by Gasteiger charge is -2.38. The van der Waals surface area contributed by atoms with Crippen molar-refractivity contribution in [3.63, 3.8) is 0 Å². The normalized spacial score (nSPS) is 20.4. The highest BCUT2D eigenvalue weighted by atomic mass is 32.1. The zero-order valence-corrected chi connectivity index (χ0v) is 13.0. The van der Waals surface area contributed by atoms with Crippen LogP contribution in [-0.4, -0.2) is 11.5 Å². The Labute approximate surface area is 118 Å². The Kier molecular flexibility index (Phi) is 4.86. The Balaban J connectivity index is 2.01. The average molecular weight is 284 g/mol. The van der Waals surface area contributed by atoms with Crippen molar-refractivity contribution in [2.75, 3.05) is 11.5 Å². The first kappa shape index (κ1) is 13.8. The SMILES string of the molecule is Pc1ccc(C2CCC(CS)(CS)CC2)cc1. The van der Waals surface area contributed by atoms with Gasteiger partial charge >= 0.3 is 0 Å². The monoisotopic (exact) mass is 284 g/mol. The van der Waals surface area contributed by atoms with E-state index in [0.717, 1.165) is 17.4 Å². The molecule has 1 atom stereocenters. The molecule has 0 bridgehead atoms.